The van der Waals surface area contributed by atoms with E-state index in [2.05, 4.69) is 54.0 Å². The molecule has 0 unspecified atom stereocenters. The van der Waals surface area contributed by atoms with Crippen LogP contribution < -0.4 is 0 Å². The average Bonchev–Trinajstić information content (AvgIpc) is 2.67. The number of hydrogen-bond acceptors (Lipinski definition) is 3. The molecule has 0 saturated heterocycles. The molecular weight excluding hydrogens is 320 g/mol. The van der Waals surface area contributed by atoms with Gasteiger partial charge >= 0.3 is 0 Å². The normalized spacial score (nSPS) is 28.4. The lowest BCUT2D eigenvalue weighted by Crippen LogP contribution is -2.59. The van der Waals surface area contributed by atoms with Crippen molar-refractivity contribution in [1.29, 1.82) is 0 Å². The molecule has 0 amide bonds. The molecule has 1 aromatic carbocycles. The summed E-state index contributed by atoms with van der Waals surface area (Å²) in [6.45, 7) is 5.52. The first-order valence-corrected chi connectivity index (χ1v) is 10.5. The molecule has 0 radical (unpaired) electrons. The van der Waals surface area contributed by atoms with Crippen LogP contribution in [-0.4, -0.2) is 33.8 Å². The molecule has 1 heterocycles. The summed E-state index contributed by atoms with van der Waals surface area (Å²) in [5.74, 6) is 0.393. The third-order valence-corrected chi connectivity index (χ3v) is 6.71. The number of benzene rings is 1. The lowest BCUT2D eigenvalue weighted by atomic mass is 9.84. The van der Waals surface area contributed by atoms with Crippen molar-refractivity contribution in [3.8, 4) is 0 Å². The molecule has 1 fully saturated rings. The lowest BCUT2D eigenvalue weighted by molar-refractivity contribution is -0.118. The van der Waals surface area contributed by atoms with Gasteiger partial charge in [0.2, 0.25) is 0 Å². The number of rotatable bonds is 3. The van der Waals surface area contributed by atoms with Crippen LogP contribution in [0.1, 0.15) is 70.8 Å². The fraction of sp³-hybridized carbons (Fsp3) is 0.609. The Hall–Kier alpha value is -1.61. The second kappa shape index (κ2) is 7.56. The van der Waals surface area contributed by atoms with Crippen molar-refractivity contribution in [1.82, 2.24) is 9.80 Å². The van der Waals surface area contributed by atoms with Gasteiger partial charge in [-0.2, -0.15) is 0 Å². The molecule has 3 heteroatoms. The van der Waals surface area contributed by atoms with Gasteiger partial charge in [-0.25, -0.2) is 0 Å². The van der Waals surface area contributed by atoms with Crippen molar-refractivity contribution in [3.05, 3.63) is 47.2 Å². The van der Waals surface area contributed by atoms with Crippen molar-refractivity contribution < 1.29 is 4.79 Å². The smallest absolute Gasteiger partial charge is 0.162 e. The summed E-state index contributed by atoms with van der Waals surface area (Å²) in [7, 11) is 0. The van der Waals surface area contributed by atoms with Gasteiger partial charge in [-0.05, 0) is 45.1 Å². The van der Waals surface area contributed by atoms with E-state index in [-0.39, 0.29) is 6.04 Å². The Morgan fingerprint density at radius 2 is 1.69 bits per heavy atom. The molecular formula is C23H32N2O. The quantitative estimate of drug-likeness (QED) is 0.775. The minimum atomic E-state index is 0.216. The highest BCUT2D eigenvalue weighted by molar-refractivity contribution is 5.98. The molecule has 4 rings (SSSR count). The van der Waals surface area contributed by atoms with Crippen molar-refractivity contribution in [2.45, 2.75) is 90.0 Å². The SMILES string of the molecule is C[C@@H]1C2=C(CCCC2=O)N(C2CCCCC2)[C@@H](C)N1Cc1ccccc1. The van der Waals surface area contributed by atoms with Crippen molar-refractivity contribution in [2.75, 3.05) is 0 Å². The van der Waals surface area contributed by atoms with Crippen LogP contribution in [0.15, 0.2) is 41.6 Å². The molecule has 1 saturated carbocycles. The van der Waals surface area contributed by atoms with Gasteiger partial charge in [0.25, 0.3) is 0 Å². The molecule has 1 aliphatic heterocycles. The summed E-state index contributed by atoms with van der Waals surface area (Å²) in [6.07, 6.45) is 9.80. The van der Waals surface area contributed by atoms with Gasteiger partial charge in [-0.15, -0.1) is 0 Å². The topological polar surface area (TPSA) is 23.6 Å². The van der Waals surface area contributed by atoms with Gasteiger partial charge in [-0.3, -0.25) is 9.69 Å². The zero-order chi connectivity index (χ0) is 18.1. The maximum atomic E-state index is 12.9. The first-order valence-electron chi connectivity index (χ1n) is 10.5. The number of carbonyl (C=O) groups is 1. The summed E-state index contributed by atoms with van der Waals surface area (Å²) in [5, 5.41) is 0. The fourth-order valence-electron chi connectivity index (χ4n) is 5.41. The number of carbonyl (C=O) groups excluding carboxylic acids is 1. The van der Waals surface area contributed by atoms with E-state index < -0.39 is 0 Å². The number of allylic oxidation sites excluding steroid dienone is 1. The number of ketones is 1. The van der Waals surface area contributed by atoms with Crippen molar-refractivity contribution in [3.63, 3.8) is 0 Å². The van der Waals surface area contributed by atoms with Crippen LogP contribution in [0, 0.1) is 0 Å². The van der Waals surface area contributed by atoms with Crippen LogP contribution in [0.4, 0.5) is 0 Å². The standard InChI is InChI=1S/C23H32N2O/c1-17-23-21(14-9-15-22(23)26)25(20-12-7-4-8-13-20)18(2)24(17)16-19-10-5-3-6-11-19/h3,5-6,10-11,17-18,20H,4,7-9,12-16H2,1-2H3/t17-,18+/m1/s1. The first-order chi connectivity index (χ1) is 12.7. The molecule has 1 aromatic rings. The second-order valence-corrected chi connectivity index (χ2v) is 8.30. The summed E-state index contributed by atoms with van der Waals surface area (Å²) < 4.78 is 0. The number of hydrogen-bond donors (Lipinski definition) is 0. The van der Waals surface area contributed by atoms with Crippen LogP contribution in [0.3, 0.4) is 0 Å². The van der Waals surface area contributed by atoms with Crippen LogP contribution >= 0.6 is 0 Å². The van der Waals surface area contributed by atoms with Crippen LogP contribution in [0.2, 0.25) is 0 Å². The van der Waals surface area contributed by atoms with Crippen LogP contribution in [-0.2, 0) is 11.3 Å². The lowest BCUT2D eigenvalue weighted by Gasteiger charge is -2.53. The summed E-state index contributed by atoms with van der Waals surface area (Å²) in [6, 6.07) is 11.5. The van der Waals surface area contributed by atoms with Gasteiger partial charge in [0, 0.05) is 36.3 Å². The summed E-state index contributed by atoms with van der Waals surface area (Å²) in [5.41, 5.74) is 3.84. The third kappa shape index (κ3) is 3.22. The van der Waals surface area contributed by atoms with Crippen molar-refractivity contribution in [2.24, 2.45) is 0 Å². The van der Waals surface area contributed by atoms with Crippen LogP contribution in [0.5, 0.6) is 0 Å². The highest BCUT2D eigenvalue weighted by atomic mass is 16.1. The molecule has 2 aliphatic carbocycles. The predicted molar refractivity (Wildman–Crippen MR) is 106 cm³/mol. The molecule has 26 heavy (non-hydrogen) atoms. The van der Waals surface area contributed by atoms with E-state index in [1.165, 1.54) is 43.4 Å². The van der Waals surface area contributed by atoms with E-state index in [0.29, 0.717) is 18.0 Å². The minimum Gasteiger partial charge on any atom is -0.356 e. The molecule has 0 aromatic heterocycles. The molecule has 0 N–H and O–H groups in total. The maximum absolute atomic E-state index is 12.9. The zero-order valence-corrected chi connectivity index (χ0v) is 16.3. The van der Waals surface area contributed by atoms with E-state index in [1.54, 1.807) is 0 Å². The molecule has 0 bridgehead atoms. The maximum Gasteiger partial charge on any atom is 0.162 e. The van der Waals surface area contributed by atoms with E-state index in [9.17, 15) is 4.79 Å². The second-order valence-electron chi connectivity index (χ2n) is 8.30. The third-order valence-electron chi connectivity index (χ3n) is 6.71. The summed E-state index contributed by atoms with van der Waals surface area (Å²) >= 11 is 0. The monoisotopic (exact) mass is 352 g/mol. The first kappa shape index (κ1) is 17.8. The highest BCUT2D eigenvalue weighted by Gasteiger charge is 2.42. The molecule has 2 atom stereocenters. The Morgan fingerprint density at radius 1 is 0.962 bits per heavy atom. The Labute approximate surface area is 158 Å². The Bertz CT molecular complexity index is 675. The number of Topliss-reactive ketones (excluding diaryl/α,β-unsaturated/α-hetero) is 1. The summed E-state index contributed by atoms with van der Waals surface area (Å²) in [4.78, 5) is 18.1. The van der Waals surface area contributed by atoms with E-state index in [4.69, 9.17) is 0 Å². The van der Waals surface area contributed by atoms with Gasteiger partial charge in [0.15, 0.2) is 5.78 Å². The molecule has 0 spiro atoms. The average molecular weight is 353 g/mol. The number of nitrogens with zero attached hydrogens (tertiary/aromatic N) is 2. The Morgan fingerprint density at radius 3 is 2.42 bits per heavy atom. The van der Waals surface area contributed by atoms with Gasteiger partial charge < -0.3 is 4.90 Å². The fourth-order valence-corrected chi connectivity index (χ4v) is 5.41. The Balaban J connectivity index is 1.70. The zero-order valence-electron chi connectivity index (χ0n) is 16.3. The predicted octanol–water partition coefficient (Wildman–Crippen LogP) is 4.88. The minimum absolute atomic E-state index is 0.216. The van der Waals surface area contributed by atoms with E-state index in [1.807, 2.05) is 0 Å². The van der Waals surface area contributed by atoms with Gasteiger partial charge in [0.1, 0.15) is 0 Å². The van der Waals surface area contributed by atoms with Crippen molar-refractivity contribution >= 4 is 5.78 Å². The largest absolute Gasteiger partial charge is 0.356 e. The highest BCUT2D eigenvalue weighted by Crippen LogP contribution is 2.40. The molecule has 3 aliphatic rings. The Kier molecular flexibility index (Phi) is 5.17. The van der Waals surface area contributed by atoms with Crippen LogP contribution in [0.25, 0.3) is 0 Å². The van der Waals surface area contributed by atoms with Gasteiger partial charge in [0.05, 0.1) is 6.17 Å². The van der Waals surface area contributed by atoms with E-state index >= 15 is 0 Å². The molecule has 3 nitrogen and oxygen atoms in total. The van der Waals surface area contributed by atoms with Gasteiger partial charge in [-0.1, -0.05) is 49.6 Å². The molecule has 140 valence electrons. The van der Waals surface area contributed by atoms with E-state index in [0.717, 1.165) is 31.4 Å².